The van der Waals surface area contributed by atoms with E-state index in [2.05, 4.69) is 24.7 Å². The Labute approximate surface area is 194 Å². The van der Waals surface area contributed by atoms with E-state index in [0.29, 0.717) is 36.3 Å². The molecule has 0 aliphatic carbocycles. The Balaban J connectivity index is 1.27. The summed E-state index contributed by atoms with van der Waals surface area (Å²) in [6.07, 6.45) is -4.68. The summed E-state index contributed by atoms with van der Waals surface area (Å²) in [5.74, 6) is 2.00. The van der Waals surface area contributed by atoms with Crippen molar-refractivity contribution in [2.24, 2.45) is 0 Å². The van der Waals surface area contributed by atoms with Gasteiger partial charge in [-0.05, 0) is 35.9 Å². The second-order valence-electron chi connectivity index (χ2n) is 7.83. The topological polar surface area (TPSA) is 73.1 Å². The maximum Gasteiger partial charge on any atom is 0.573 e. The van der Waals surface area contributed by atoms with Gasteiger partial charge < -0.3 is 18.7 Å². The van der Waals surface area contributed by atoms with Gasteiger partial charge in [-0.2, -0.15) is 4.98 Å². The average molecular weight is 478 g/mol. The molecule has 0 amide bonds. The third-order valence-corrected chi connectivity index (χ3v) is 5.50. The van der Waals surface area contributed by atoms with Gasteiger partial charge in [0.25, 0.3) is 0 Å². The molecule has 2 aromatic carbocycles. The van der Waals surface area contributed by atoms with E-state index in [9.17, 15) is 13.2 Å². The number of aromatic nitrogens is 2. The summed E-state index contributed by atoms with van der Waals surface area (Å²) in [6.45, 7) is 4.45. The van der Waals surface area contributed by atoms with Crippen molar-refractivity contribution in [2.45, 2.75) is 19.5 Å². The van der Waals surface area contributed by atoms with Crippen LogP contribution in [0.3, 0.4) is 0 Å². The minimum absolute atomic E-state index is 0.215. The van der Waals surface area contributed by atoms with Crippen molar-refractivity contribution in [3.8, 4) is 28.6 Å². The first-order valence-corrected chi connectivity index (χ1v) is 10.7. The smallest absolute Gasteiger partial charge is 0.493 e. The lowest BCUT2D eigenvalue weighted by molar-refractivity contribution is -0.274. The highest BCUT2D eigenvalue weighted by molar-refractivity contribution is 5.60. The Morgan fingerprint density at radius 3 is 2.15 bits per heavy atom. The van der Waals surface area contributed by atoms with E-state index in [-0.39, 0.29) is 5.75 Å². The standard InChI is InChI=1S/C23H25F3N4O4/c1-31-19-8-5-17(13-20(19)32-2)22-27-21(34-28-22)15-30-11-9-29(10-12-30)14-16-3-6-18(7-4-16)33-23(24,25)26/h3-8,13H,9-12,14-15H2,1-2H3. The van der Waals surface area contributed by atoms with Gasteiger partial charge in [-0.3, -0.25) is 9.80 Å². The minimum atomic E-state index is -4.68. The SMILES string of the molecule is COc1ccc(-c2noc(CN3CCN(Cc4ccc(OC(F)(F)F)cc4)CC3)n2)cc1OC. The van der Waals surface area contributed by atoms with Crippen LogP contribution in [-0.2, 0) is 13.1 Å². The quantitative estimate of drug-likeness (QED) is 0.482. The van der Waals surface area contributed by atoms with Gasteiger partial charge in [0.05, 0.1) is 20.8 Å². The molecular formula is C23H25F3N4O4. The number of piperazine rings is 1. The van der Waals surface area contributed by atoms with Crippen molar-refractivity contribution in [3.63, 3.8) is 0 Å². The zero-order valence-electron chi connectivity index (χ0n) is 18.8. The van der Waals surface area contributed by atoms with Crippen molar-refractivity contribution in [1.82, 2.24) is 19.9 Å². The van der Waals surface area contributed by atoms with Crippen LogP contribution in [0.2, 0.25) is 0 Å². The maximum atomic E-state index is 12.3. The molecule has 3 aromatic rings. The lowest BCUT2D eigenvalue weighted by Crippen LogP contribution is -2.45. The number of hydrogen-bond donors (Lipinski definition) is 0. The Hall–Kier alpha value is -3.31. The van der Waals surface area contributed by atoms with E-state index in [0.717, 1.165) is 37.3 Å². The summed E-state index contributed by atoms with van der Waals surface area (Å²) in [7, 11) is 3.15. The zero-order valence-corrected chi connectivity index (χ0v) is 18.8. The molecule has 4 rings (SSSR count). The van der Waals surface area contributed by atoms with E-state index >= 15 is 0 Å². The maximum absolute atomic E-state index is 12.3. The highest BCUT2D eigenvalue weighted by Crippen LogP contribution is 2.31. The van der Waals surface area contributed by atoms with Crippen LogP contribution in [0.5, 0.6) is 17.2 Å². The van der Waals surface area contributed by atoms with Crippen LogP contribution in [0, 0.1) is 0 Å². The second kappa shape index (κ2) is 10.3. The zero-order chi connectivity index (χ0) is 24.1. The fourth-order valence-electron chi connectivity index (χ4n) is 3.76. The lowest BCUT2D eigenvalue weighted by atomic mass is 10.2. The number of nitrogens with zero attached hydrogens (tertiary/aromatic N) is 4. The largest absolute Gasteiger partial charge is 0.573 e. The third-order valence-electron chi connectivity index (χ3n) is 5.50. The predicted molar refractivity (Wildman–Crippen MR) is 117 cm³/mol. The number of halogens is 3. The molecule has 0 saturated carbocycles. The fourth-order valence-corrected chi connectivity index (χ4v) is 3.76. The van der Waals surface area contributed by atoms with E-state index in [1.165, 1.54) is 12.1 Å². The molecular weight excluding hydrogens is 453 g/mol. The molecule has 1 aliphatic rings. The van der Waals surface area contributed by atoms with Crippen LogP contribution < -0.4 is 14.2 Å². The van der Waals surface area contributed by atoms with Crippen LogP contribution in [-0.4, -0.2) is 66.7 Å². The first-order valence-electron chi connectivity index (χ1n) is 10.7. The van der Waals surface area contributed by atoms with Gasteiger partial charge in [-0.25, -0.2) is 0 Å². The van der Waals surface area contributed by atoms with Crippen molar-refractivity contribution in [1.29, 1.82) is 0 Å². The molecule has 1 saturated heterocycles. The summed E-state index contributed by atoms with van der Waals surface area (Å²) in [6, 6.07) is 11.4. The highest BCUT2D eigenvalue weighted by atomic mass is 19.4. The Morgan fingerprint density at radius 2 is 1.53 bits per heavy atom. The molecule has 0 bridgehead atoms. The second-order valence-corrected chi connectivity index (χ2v) is 7.83. The lowest BCUT2D eigenvalue weighted by Gasteiger charge is -2.33. The third kappa shape index (κ3) is 6.17. The Bertz CT molecular complexity index is 1080. The molecule has 0 atom stereocenters. The van der Waals surface area contributed by atoms with Crippen molar-refractivity contribution in [3.05, 3.63) is 53.9 Å². The summed E-state index contributed by atoms with van der Waals surface area (Å²) in [5, 5.41) is 4.08. The molecule has 2 heterocycles. The first kappa shape index (κ1) is 23.8. The molecule has 34 heavy (non-hydrogen) atoms. The molecule has 0 unspecified atom stereocenters. The van der Waals surface area contributed by atoms with Crippen molar-refractivity contribution >= 4 is 0 Å². The number of hydrogen-bond acceptors (Lipinski definition) is 8. The van der Waals surface area contributed by atoms with E-state index in [1.807, 2.05) is 6.07 Å². The van der Waals surface area contributed by atoms with Crippen LogP contribution in [0.15, 0.2) is 47.0 Å². The summed E-state index contributed by atoms with van der Waals surface area (Å²) >= 11 is 0. The van der Waals surface area contributed by atoms with E-state index in [1.54, 1.807) is 38.5 Å². The summed E-state index contributed by atoms with van der Waals surface area (Å²) < 4.78 is 56.8. The number of alkyl halides is 3. The molecule has 8 nitrogen and oxygen atoms in total. The van der Waals surface area contributed by atoms with Crippen LogP contribution >= 0.6 is 0 Å². The van der Waals surface area contributed by atoms with Crippen LogP contribution in [0.4, 0.5) is 13.2 Å². The fraction of sp³-hybridized carbons (Fsp3) is 0.391. The molecule has 1 aromatic heterocycles. The van der Waals surface area contributed by atoms with Gasteiger partial charge in [0.2, 0.25) is 11.7 Å². The van der Waals surface area contributed by atoms with Crippen LogP contribution in [0.1, 0.15) is 11.5 Å². The minimum Gasteiger partial charge on any atom is -0.493 e. The number of ether oxygens (including phenoxy) is 3. The molecule has 0 N–H and O–H groups in total. The summed E-state index contributed by atoms with van der Waals surface area (Å²) in [4.78, 5) is 8.98. The van der Waals surface area contributed by atoms with Gasteiger partial charge in [0.15, 0.2) is 11.5 Å². The number of rotatable bonds is 8. The molecule has 182 valence electrons. The van der Waals surface area contributed by atoms with Gasteiger partial charge in [-0.1, -0.05) is 17.3 Å². The van der Waals surface area contributed by atoms with E-state index < -0.39 is 6.36 Å². The van der Waals surface area contributed by atoms with Gasteiger partial charge in [0, 0.05) is 38.3 Å². The van der Waals surface area contributed by atoms with E-state index in [4.69, 9.17) is 14.0 Å². The summed E-state index contributed by atoms with van der Waals surface area (Å²) in [5.41, 5.74) is 1.70. The number of benzene rings is 2. The Kier molecular flexibility index (Phi) is 7.23. The predicted octanol–water partition coefficient (Wildman–Crippen LogP) is 3.97. The molecule has 0 spiro atoms. The van der Waals surface area contributed by atoms with Crippen LogP contribution in [0.25, 0.3) is 11.4 Å². The molecule has 11 heteroatoms. The molecule has 1 aliphatic heterocycles. The van der Waals surface area contributed by atoms with Crippen molar-refractivity contribution < 1.29 is 31.9 Å². The van der Waals surface area contributed by atoms with Gasteiger partial charge >= 0.3 is 6.36 Å². The molecule has 0 radical (unpaired) electrons. The number of methoxy groups -OCH3 is 2. The average Bonchev–Trinajstić information content (AvgIpc) is 3.28. The highest BCUT2D eigenvalue weighted by Gasteiger charge is 2.31. The van der Waals surface area contributed by atoms with Gasteiger partial charge in [-0.15, -0.1) is 13.2 Å². The Morgan fingerprint density at radius 1 is 0.882 bits per heavy atom. The normalized spacial score (nSPS) is 15.3. The monoisotopic (exact) mass is 478 g/mol. The molecule has 1 fully saturated rings. The van der Waals surface area contributed by atoms with Crippen molar-refractivity contribution in [2.75, 3.05) is 40.4 Å². The van der Waals surface area contributed by atoms with Gasteiger partial charge in [0.1, 0.15) is 5.75 Å². The first-order chi connectivity index (χ1) is 16.3.